The van der Waals surface area contributed by atoms with Crippen LogP contribution in [0.25, 0.3) is 0 Å². The van der Waals surface area contributed by atoms with Crippen LogP contribution in [0.3, 0.4) is 0 Å². The molecule has 1 aromatic carbocycles. The number of nitrogens with zero attached hydrogens (tertiary/aromatic N) is 1. The van der Waals surface area contributed by atoms with Gasteiger partial charge in [-0.1, -0.05) is 0 Å². The molecule has 0 aliphatic heterocycles. The minimum Gasteiger partial charge on any atom is -0.399 e. The second-order valence-electron chi connectivity index (χ2n) is 4.37. The molecule has 2 aromatic rings. The number of aromatic amines is 1. The number of nitrogens with two attached hydrogens (primary N) is 1. The fraction of sp³-hybridized carbons (Fsp3) is 0.167. The Hall–Kier alpha value is -2.35. The first-order chi connectivity index (χ1) is 9.29. The number of H-pyrrole nitrogens is 1. The molecule has 106 valence electrons. The summed E-state index contributed by atoms with van der Waals surface area (Å²) in [5.41, 5.74) is 7.02. The van der Waals surface area contributed by atoms with E-state index in [4.69, 9.17) is 5.73 Å². The van der Waals surface area contributed by atoms with Crippen LogP contribution in [0.5, 0.6) is 0 Å². The first-order valence-electron chi connectivity index (χ1n) is 5.75. The zero-order valence-electron chi connectivity index (χ0n) is 11.0. The van der Waals surface area contributed by atoms with E-state index < -0.39 is 15.6 Å². The standard InChI is InChI=1S/C12H14N4O3S/c1-7-5-9(13)6-10(8(7)2)20(18,19)16-11-3-4-12(17)15-14-11/h3-6H,13H2,1-2H3,(H,14,16)(H,15,17). The highest BCUT2D eigenvalue weighted by Gasteiger charge is 2.19. The van der Waals surface area contributed by atoms with Gasteiger partial charge < -0.3 is 5.73 Å². The minimum atomic E-state index is -3.82. The number of nitrogen functional groups attached to an aromatic ring is 1. The van der Waals surface area contributed by atoms with E-state index in [2.05, 4.69) is 14.9 Å². The molecule has 4 N–H and O–H groups in total. The van der Waals surface area contributed by atoms with Crippen molar-refractivity contribution >= 4 is 21.5 Å². The maximum Gasteiger partial charge on any atom is 0.264 e. The number of benzene rings is 1. The maximum absolute atomic E-state index is 12.3. The molecule has 7 nitrogen and oxygen atoms in total. The van der Waals surface area contributed by atoms with Gasteiger partial charge in [0, 0.05) is 11.8 Å². The van der Waals surface area contributed by atoms with Gasteiger partial charge in [0.15, 0.2) is 5.82 Å². The maximum atomic E-state index is 12.3. The monoisotopic (exact) mass is 294 g/mol. The van der Waals surface area contributed by atoms with Crippen LogP contribution in [0.15, 0.2) is 34.0 Å². The molecule has 0 aliphatic rings. The van der Waals surface area contributed by atoms with Crippen LogP contribution < -0.4 is 16.0 Å². The Morgan fingerprint density at radius 2 is 1.95 bits per heavy atom. The molecule has 0 saturated carbocycles. The van der Waals surface area contributed by atoms with Crippen molar-refractivity contribution in [3.05, 3.63) is 45.7 Å². The third-order valence-electron chi connectivity index (χ3n) is 2.85. The topological polar surface area (TPSA) is 118 Å². The van der Waals surface area contributed by atoms with Gasteiger partial charge in [0.25, 0.3) is 15.6 Å². The van der Waals surface area contributed by atoms with Gasteiger partial charge in [0.05, 0.1) is 4.90 Å². The van der Waals surface area contributed by atoms with E-state index in [0.717, 1.165) is 5.56 Å². The lowest BCUT2D eigenvalue weighted by molar-refractivity contribution is 0.600. The number of aryl methyl sites for hydroxylation is 1. The molecule has 8 heteroatoms. The molecule has 0 amide bonds. The van der Waals surface area contributed by atoms with Gasteiger partial charge in [-0.15, -0.1) is 0 Å². The lowest BCUT2D eigenvalue weighted by Gasteiger charge is -2.12. The summed E-state index contributed by atoms with van der Waals surface area (Å²) >= 11 is 0. The second kappa shape index (κ2) is 4.97. The van der Waals surface area contributed by atoms with E-state index in [9.17, 15) is 13.2 Å². The minimum absolute atomic E-state index is 0.0316. The van der Waals surface area contributed by atoms with Crippen LogP contribution in [0, 0.1) is 13.8 Å². The van der Waals surface area contributed by atoms with E-state index in [1.807, 2.05) is 0 Å². The van der Waals surface area contributed by atoms with E-state index in [0.29, 0.717) is 11.3 Å². The van der Waals surface area contributed by atoms with Gasteiger partial charge in [-0.2, -0.15) is 5.10 Å². The predicted molar refractivity (Wildman–Crippen MR) is 76.0 cm³/mol. The van der Waals surface area contributed by atoms with Gasteiger partial charge in [0.2, 0.25) is 0 Å². The van der Waals surface area contributed by atoms with Gasteiger partial charge in [-0.25, -0.2) is 13.5 Å². The molecular weight excluding hydrogens is 280 g/mol. The third kappa shape index (κ3) is 2.80. The third-order valence-corrected chi connectivity index (χ3v) is 4.33. The molecule has 20 heavy (non-hydrogen) atoms. The molecule has 2 rings (SSSR count). The van der Waals surface area contributed by atoms with Crippen LogP contribution in [0.4, 0.5) is 11.5 Å². The predicted octanol–water partition coefficient (Wildman–Crippen LogP) is 0.770. The Balaban J connectivity index is 2.45. The van der Waals surface area contributed by atoms with Gasteiger partial charge in [-0.05, 0) is 43.2 Å². The van der Waals surface area contributed by atoms with E-state index in [1.165, 1.54) is 18.2 Å². The van der Waals surface area contributed by atoms with Crippen molar-refractivity contribution < 1.29 is 8.42 Å². The number of hydrogen-bond acceptors (Lipinski definition) is 5. The van der Waals surface area contributed by atoms with Crippen LogP contribution in [0.1, 0.15) is 11.1 Å². The highest BCUT2D eigenvalue weighted by atomic mass is 32.2. The molecule has 0 bridgehead atoms. The molecular formula is C12H14N4O3S. The zero-order valence-corrected chi connectivity index (χ0v) is 11.8. The summed E-state index contributed by atoms with van der Waals surface area (Å²) in [4.78, 5) is 11.0. The Morgan fingerprint density at radius 1 is 1.25 bits per heavy atom. The van der Waals surface area contributed by atoms with E-state index >= 15 is 0 Å². The fourth-order valence-electron chi connectivity index (χ4n) is 1.73. The van der Waals surface area contributed by atoms with Crippen LogP contribution in [-0.4, -0.2) is 18.6 Å². The molecule has 0 unspecified atom stereocenters. The van der Waals surface area contributed by atoms with Crippen molar-refractivity contribution in [3.8, 4) is 0 Å². The van der Waals surface area contributed by atoms with Crippen molar-refractivity contribution in [2.75, 3.05) is 10.5 Å². The lowest BCUT2D eigenvalue weighted by Crippen LogP contribution is -2.18. The quantitative estimate of drug-likeness (QED) is 0.723. The molecule has 0 aliphatic carbocycles. The highest BCUT2D eigenvalue weighted by Crippen LogP contribution is 2.23. The van der Waals surface area contributed by atoms with E-state index in [1.54, 1.807) is 19.9 Å². The van der Waals surface area contributed by atoms with Crippen molar-refractivity contribution in [2.24, 2.45) is 0 Å². The number of sulfonamides is 1. The summed E-state index contributed by atoms with van der Waals surface area (Å²) in [5, 5.41) is 5.76. The van der Waals surface area contributed by atoms with E-state index in [-0.39, 0.29) is 10.7 Å². The van der Waals surface area contributed by atoms with Gasteiger partial charge in [0.1, 0.15) is 0 Å². The number of anilines is 2. The first kappa shape index (κ1) is 14.1. The summed E-state index contributed by atoms with van der Waals surface area (Å²) in [5.74, 6) is 0.0316. The van der Waals surface area contributed by atoms with Crippen LogP contribution >= 0.6 is 0 Å². The van der Waals surface area contributed by atoms with Crippen molar-refractivity contribution in [1.29, 1.82) is 0 Å². The first-order valence-corrected chi connectivity index (χ1v) is 7.23. The number of nitrogens with one attached hydrogen (secondary N) is 2. The molecule has 0 fully saturated rings. The zero-order chi connectivity index (χ0) is 14.9. The van der Waals surface area contributed by atoms with Crippen LogP contribution in [0.2, 0.25) is 0 Å². The largest absolute Gasteiger partial charge is 0.399 e. The number of rotatable bonds is 3. The molecule has 0 saturated heterocycles. The number of hydrogen-bond donors (Lipinski definition) is 3. The SMILES string of the molecule is Cc1cc(N)cc(S(=O)(=O)Nc2ccc(=O)[nH]n2)c1C. The summed E-state index contributed by atoms with van der Waals surface area (Å²) in [6.07, 6.45) is 0. The molecule has 1 aromatic heterocycles. The second-order valence-corrected chi connectivity index (χ2v) is 6.02. The van der Waals surface area contributed by atoms with Crippen LogP contribution in [-0.2, 0) is 10.0 Å². The Labute approximate surface area is 115 Å². The molecule has 0 radical (unpaired) electrons. The number of aromatic nitrogens is 2. The lowest BCUT2D eigenvalue weighted by atomic mass is 10.1. The highest BCUT2D eigenvalue weighted by molar-refractivity contribution is 7.92. The summed E-state index contributed by atoms with van der Waals surface area (Å²) in [6.45, 7) is 3.48. The molecule has 1 heterocycles. The Bertz CT molecular complexity index is 791. The fourth-order valence-corrected chi connectivity index (χ4v) is 3.08. The van der Waals surface area contributed by atoms with Crippen molar-refractivity contribution in [2.45, 2.75) is 18.7 Å². The summed E-state index contributed by atoms with van der Waals surface area (Å²) in [6, 6.07) is 5.55. The normalized spacial score (nSPS) is 11.3. The average Bonchev–Trinajstić information content (AvgIpc) is 2.36. The summed E-state index contributed by atoms with van der Waals surface area (Å²) in [7, 11) is -3.82. The molecule has 0 atom stereocenters. The van der Waals surface area contributed by atoms with Crippen molar-refractivity contribution in [1.82, 2.24) is 10.2 Å². The van der Waals surface area contributed by atoms with Crippen molar-refractivity contribution in [3.63, 3.8) is 0 Å². The summed E-state index contributed by atoms with van der Waals surface area (Å²) < 4.78 is 26.9. The Kier molecular flexibility index (Phi) is 3.49. The average molecular weight is 294 g/mol. The Morgan fingerprint density at radius 3 is 2.55 bits per heavy atom. The smallest absolute Gasteiger partial charge is 0.264 e. The molecule has 0 spiro atoms. The van der Waals surface area contributed by atoms with Gasteiger partial charge in [-0.3, -0.25) is 9.52 Å². The van der Waals surface area contributed by atoms with Gasteiger partial charge >= 0.3 is 0 Å².